The SMILES string of the molecule is C=C(C)C(=O)OCC(CNC(C)=O)C(CC)NC(C)=O. The zero-order chi connectivity index (χ0) is 15.7. The van der Waals surface area contributed by atoms with Gasteiger partial charge in [0.1, 0.15) is 0 Å². The van der Waals surface area contributed by atoms with Crippen molar-refractivity contribution in [1.29, 1.82) is 0 Å². The number of esters is 1. The summed E-state index contributed by atoms with van der Waals surface area (Å²) in [5.74, 6) is -0.985. The van der Waals surface area contributed by atoms with E-state index in [9.17, 15) is 14.4 Å². The Hall–Kier alpha value is -1.85. The largest absolute Gasteiger partial charge is 0.462 e. The molecule has 2 atom stereocenters. The van der Waals surface area contributed by atoms with Gasteiger partial charge in [0.15, 0.2) is 0 Å². The Morgan fingerprint density at radius 3 is 2.15 bits per heavy atom. The van der Waals surface area contributed by atoms with Crippen molar-refractivity contribution in [2.75, 3.05) is 13.2 Å². The topological polar surface area (TPSA) is 84.5 Å². The predicted octanol–water partition coefficient (Wildman–Crippen LogP) is 0.773. The van der Waals surface area contributed by atoms with E-state index in [4.69, 9.17) is 4.74 Å². The molecule has 0 aromatic rings. The molecule has 0 radical (unpaired) electrons. The fourth-order valence-corrected chi connectivity index (χ4v) is 1.71. The maximum Gasteiger partial charge on any atom is 0.333 e. The molecule has 0 saturated heterocycles. The van der Waals surface area contributed by atoms with Crippen molar-refractivity contribution in [3.8, 4) is 0 Å². The Balaban J connectivity index is 4.67. The molecule has 2 unspecified atom stereocenters. The molecule has 20 heavy (non-hydrogen) atoms. The number of hydrogen-bond donors (Lipinski definition) is 2. The fraction of sp³-hybridized carbons (Fsp3) is 0.643. The van der Waals surface area contributed by atoms with Gasteiger partial charge in [0.2, 0.25) is 11.8 Å². The third-order valence-electron chi connectivity index (χ3n) is 2.79. The van der Waals surface area contributed by atoms with Gasteiger partial charge in [0.25, 0.3) is 0 Å². The van der Waals surface area contributed by atoms with Crippen molar-refractivity contribution < 1.29 is 19.1 Å². The molecule has 0 aliphatic heterocycles. The molecule has 0 aliphatic carbocycles. The quantitative estimate of drug-likeness (QED) is 0.509. The highest BCUT2D eigenvalue weighted by molar-refractivity contribution is 5.86. The van der Waals surface area contributed by atoms with Crippen LogP contribution >= 0.6 is 0 Å². The lowest BCUT2D eigenvalue weighted by Gasteiger charge is -2.26. The first-order valence-corrected chi connectivity index (χ1v) is 6.62. The van der Waals surface area contributed by atoms with E-state index in [1.165, 1.54) is 13.8 Å². The number of ether oxygens (including phenoxy) is 1. The Labute approximate surface area is 119 Å². The van der Waals surface area contributed by atoms with Crippen molar-refractivity contribution in [3.63, 3.8) is 0 Å². The van der Waals surface area contributed by atoms with Gasteiger partial charge in [-0.25, -0.2) is 4.79 Å². The number of rotatable bonds is 8. The van der Waals surface area contributed by atoms with Gasteiger partial charge >= 0.3 is 5.97 Å². The number of nitrogens with one attached hydrogen (secondary N) is 2. The Morgan fingerprint density at radius 2 is 1.75 bits per heavy atom. The van der Waals surface area contributed by atoms with Crippen molar-refractivity contribution >= 4 is 17.8 Å². The van der Waals surface area contributed by atoms with Crippen molar-refractivity contribution in [2.24, 2.45) is 5.92 Å². The average molecular weight is 284 g/mol. The molecule has 0 aromatic carbocycles. The summed E-state index contributed by atoms with van der Waals surface area (Å²) in [7, 11) is 0. The van der Waals surface area contributed by atoms with Crippen LogP contribution in [0.4, 0.5) is 0 Å². The van der Waals surface area contributed by atoms with Crippen molar-refractivity contribution in [1.82, 2.24) is 10.6 Å². The minimum atomic E-state index is -0.476. The van der Waals surface area contributed by atoms with Crippen molar-refractivity contribution in [2.45, 2.75) is 40.2 Å². The molecule has 0 saturated carbocycles. The first-order valence-electron chi connectivity index (χ1n) is 6.62. The summed E-state index contributed by atoms with van der Waals surface area (Å²) in [6.45, 7) is 10.3. The summed E-state index contributed by atoms with van der Waals surface area (Å²) in [5, 5.41) is 5.49. The van der Waals surface area contributed by atoms with E-state index in [1.54, 1.807) is 6.92 Å². The molecule has 0 bridgehead atoms. The molecule has 114 valence electrons. The standard InChI is InChI=1S/C14H24N2O4/c1-6-13(16-11(5)18)12(7-15-10(4)17)8-20-14(19)9(2)3/h12-13H,2,6-8H2,1,3-5H3,(H,15,17)(H,16,18). The van der Waals surface area contributed by atoms with Crippen molar-refractivity contribution in [3.05, 3.63) is 12.2 Å². The Kier molecular flexibility index (Phi) is 8.27. The molecular formula is C14H24N2O4. The zero-order valence-electron chi connectivity index (χ0n) is 12.6. The van der Waals surface area contributed by atoms with Crippen LogP contribution in [-0.2, 0) is 19.1 Å². The van der Waals surface area contributed by atoms with E-state index in [0.29, 0.717) is 18.5 Å². The first kappa shape index (κ1) is 18.1. The number of carbonyl (C=O) groups excluding carboxylic acids is 3. The highest BCUT2D eigenvalue weighted by Gasteiger charge is 2.23. The van der Waals surface area contributed by atoms with Crippen LogP contribution < -0.4 is 10.6 Å². The number of carbonyl (C=O) groups is 3. The van der Waals surface area contributed by atoms with E-state index in [0.717, 1.165) is 0 Å². The highest BCUT2D eigenvalue weighted by atomic mass is 16.5. The number of hydrogen-bond acceptors (Lipinski definition) is 4. The predicted molar refractivity (Wildman–Crippen MR) is 75.8 cm³/mol. The van der Waals surface area contributed by atoms with Crippen LogP contribution in [0, 0.1) is 5.92 Å². The summed E-state index contributed by atoms with van der Waals surface area (Å²) >= 11 is 0. The van der Waals surface area contributed by atoms with Crippen LogP contribution in [0.15, 0.2) is 12.2 Å². The average Bonchev–Trinajstić information content (AvgIpc) is 2.35. The Bertz CT molecular complexity index is 379. The summed E-state index contributed by atoms with van der Waals surface area (Å²) in [4.78, 5) is 33.6. The lowest BCUT2D eigenvalue weighted by molar-refractivity contribution is -0.140. The normalized spacial score (nSPS) is 13.0. The first-order chi connectivity index (χ1) is 9.27. The minimum absolute atomic E-state index is 0.116. The smallest absolute Gasteiger partial charge is 0.333 e. The lowest BCUT2D eigenvalue weighted by atomic mass is 9.98. The van der Waals surface area contributed by atoms with Gasteiger partial charge in [-0.1, -0.05) is 13.5 Å². The van der Waals surface area contributed by atoms with E-state index < -0.39 is 5.97 Å². The van der Waals surface area contributed by atoms with Gasteiger partial charge in [-0.05, 0) is 13.3 Å². The van der Waals surface area contributed by atoms with E-state index >= 15 is 0 Å². The van der Waals surface area contributed by atoms with E-state index in [-0.39, 0.29) is 30.4 Å². The molecule has 0 rings (SSSR count). The monoisotopic (exact) mass is 284 g/mol. The fourth-order valence-electron chi connectivity index (χ4n) is 1.71. The van der Waals surface area contributed by atoms with E-state index in [1.807, 2.05) is 6.92 Å². The van der Waals surface area contributed by atoms with E-state index in [2.05, 4.69) is 17.2 Å². The van der Waals surface area contributed by atoms with Gasteiger partial charge in [-0.2, -0.15) is 0 Å². The summed E-state index contributed by atoms with van der Waals surface area (Å²) < 4.78 is 5.12. The molecule has 6 heteroatoms. The molecule has 0 aliphatic rings. The maximum atomic E-state index is 11.4. The van der Waals surface area contributed by atoms with Gasteiger partial charge in [-0.3, -0.25) is 9.59 Å². The third-order valence-corrected chi connectivity index (χ3v) is 2.79. The van der Waals surface area contributed by atoms with Gasteiger partial charge < -0.3 is 15.4 Å². The number of amides is 2. The molecule has 2 N–H and O–H groups in total. The lowest BCUT2D eigenvalue weighted by Crippen LogP contribution is -2.45. The third kappa shape index (κ3) is 7.56. The zero-order valence-corrected chi connectivity index (χ0v) is 12.6. The van der Waals surface area contributed by atoms with Gasteiger partial charge in [0, 0.05) is 37.9 Å². The van der Waals surface area contributed by atoms with Crippen LogP contribution in [0.2, 0.25) is 0 Å². The molecule has 2 amide bonds. The van der Waals surface area contributed by atoms with Crippen LogP contribution in [0.1, 0.15) is 34.1 Å². The van der Waals surface area contributed by atoms with Crippen LogP contribution in [0.5, 0.6) is 0 Å². The highest BCUT2D eigenvalue weighted by Crippen LogP contribution is 2.09. The molecular weight excluding hydrogens is 260 g/mol. The molecule has 0 aromatic heterocycles. The second-order valence-corrected chi connectivity index (χ2v) is 4.79. The Morgan fingerprint density at radius 1 is 1.15 bits per heavy atom. The van der Waals surface area contributed by atoms with Crippen LogP contribution in [-0.4, -0.2) is 37.0 Å². The second kappa shape index (κ2) is 9.12. The summed E-state index contributed by atoms with van der Waals surface area (Å²) in [6.07, 6.45) is 0.675. The van der Waals surface area contributed by atoms with Crippen LogP contribution in [0.3, 0.4) is 0 Å². The molecule has 0 spiro atoms. The van der Waals surface area contributed by atoms with Gasteiger partial charge in [-0.15, -0.1) is 0 Å². The maximum absolute atomic E-state index is 11.4. The van der Waals surface area contributed by atoms with Crippen LogP contribution in [0.25, 0.3) is 0 Å². The summed E-state index contributed by atoms with van der Waals surface area (Å²) in [5.41, 5.74) is 0.316. The molecule has 0 fully saturated rings. The second-order valence-electron chi connectivity index (χ2n) is 4.79. The summed E-state index contributed by atoms with van der Waals surface area (Å²) in [6, 6.07) is -0.169. The minimum Gasteiger partial charge on any atom is -0.462 e. The molecule has 6 nitrogen and oxygen atoms in total. The molecule has 0 heterocycles. The van der Waals surface area contributed by atoms with Gasteiger partial charge in [0.05, 0.1) is 6.61 Å².